The molecule has 2 fully saturated rings. The summed E-state index contributed by atoms with van der Waals surface area (Å²) in [5.41, 5.74) is 4.94. The van der Waals surface area contributed by atoms with Gasteiger partial charge in [-0.05, 0) is 43.5 Å². The first kappa shape index (κ1) is 16.9. The molecule has 0 N–H and O–H groups in total. The van der Waals surface area contributed by atoms with Crippen LogP contribution >= 0.6 is 0 Å². The van der Waals surface area contributed by atoms with Crippen LogP contribution in [0.25, 0.3) is 22.2 Å². The summed E-state index contributed by atoms with van der Waals surface area (Å²) in [5, 5.41) is 1.26. The molecule has 3 aromatic rings. The van der Waals surface area contributed by atoms with Crippen LogP contribution in [0.1, 0.15) is 24.3 Å². The van der Waals surface area contributed by atoms with E-state index in [0.717, 1.165) is 11.6 Å². The zero-order valence-electron chi connectivity index (χ0n) is 16.0. The second-order valence-corrected chi connectivity index (χ2v) is 8.15. The van der Waals surface area contributed by atoms with Crippen LogP contribution in [0, 0.1) is 0 Å². The number of benzene rings is 2. The molecular weight excluding hydrogens is 330 g/mol. The molecule has 138 valence electrons. The van der Waals surface area contributed by atoms with E-state index < -0.39 is 0 Å². The number of hydrogen-bond donors (Lipinski definition) is 0. The monoisotopic (exact) mass is 357 g/mol. The van der Waals surface area contributed by atoms with E-state index in [1.54, 1.807) is 0 Å². The maximum absolute atomic E-state index is 5.08. The fourth-order valence-electron chi connectivity index (χ4n) is 4.60. The second kappa shape index (κ2) is 7.06. The molecule has 3 nitrogen and oxygen atoms in total. The minimum absolute atomic E-state index is 0.627. The predicted octanol–water partition coefficient (Wildman–Crippen LogP) is 4.40. The van der Waals surface area contributed by atoms with Gasteiger partial charge in [-0.3, -0.25) is 4.90 Å². The van der Waals surface area contributed by atoms with Crippen molar-refractivity contribution in [3.05, 3.63) is 66.2 Å². The molecule has 0 unspecified atom stereocenters. The second-order valence-electron chi connectivity index (χ2n) is 8.15. The molecule has 0 bridgehead atoms. The largest absolute Gasteiger partial charge is 0.304 e. The fourth-order valence-corrected chi connectivity index (χ4v) is 4.60. The van der Waals surface area contributed by atoms with Crippen molar-refractivity contribution in [1.82, 2.24) is 14.8 Å². The van der Waals surface area contributed by atoms with Gasteiger partial charge in [0.2, 0.25) is 0 Å². The number of hydrogen-bond acceptors (Lipinski definition) is 3. The number of rotatable bonds is 3. The normalized spacial score (nSPS) is 24.0. The molecule has 27 heavy (non-hydrogen) atoms. The van der Waals surface area contributed by atoms with E-state index in [4.69, 9.17) is 4.98 Å². The van der Waals surface area contributed by atoms with E-state index in [2.05, 4.69) is 77.5 Å². The Labute approximate surface area is 161 Å². The number of aromatic nitrogens is 1. The lowest BCUT2D eigenvalue weighted by Crippen LogP contribution is -2.52. The van der Waals surface area contributed by atoms with Crippen molar-refractivity contribution >= 4 is 10.9 Å². The summed E-state index contributed by atoms with van der Waals surface area (Å²) < 4.78 is 0. The maximum Gasteiger partial charge on any atom is 0.0744 e. The van der Waals surface area contributed by atoms with Crippen molar-refractivity contribution in [2.75, 3.05) is 33.2 Å². The van der Waals surface area contributed by atoms with Crippen LogP contribution in [0.5, 0.6) is 0 Å². The van der Waals surface area contributed by atoms with E-state index in [0.29, 0.717) is 5.92 Å². The summed E-state index contributed by atoms with van der Waals surface area (Å²) in [7, 11) is 2.23. The van der Waals surface area contributed by atoms with Crippen LogP contribution in [-0.4, -0.2) is 54.1 Å². The highest BCUT2D eigenvalue weighted by atomic mass is 15.3. The molecule has 1 aliphatic heterocycles. The number of para-hydroxylation sites is 1. The lowest BCUT2D eigenvalue weighted by atomic mass is 9.73. The Morgan fingerprint density at radius 1 is 0.852 bits per heavy atom. The van der Waals surface area contributed by atoms with Crippen molar-refractivity contribution in [1.29, 1.82) is 0 Å². The summed E-state index contributed by atoms with van der Waals surface area (Å²) in [6.07, 6.45) is 2.53. The molecule has 1 aliphatic carbocycles. The van der Waals surface area contributed by atoms with Gasteiger partial charge >= 0.3 is 0 Å². The van der Waals surface area contributed by atoms with Crippen molar-refractivity contribution in [3.63, 3.8) is 0 Å². The molecule has 3 heteroatoms. The molecule has 1 saturated heterocycles. The highest BCUT2D eigenvalue weighted by Gasteiger charge is 2.36. The third-order valence-corrected chi connectivity index (χ3v) is 6.41. The molecule has 1 saturated carbocycles. The van der Waals surface area contributed by atoms with Crippen molar-refractivity contribution in [2.45, 2.75) is 24.8 Å². The molecular formula is C24H27N3. The first-order valence-corrected chi connectivity index (χ1v) is 10.2. The molecule has 1 aromatic heterocycles. The van der Waals surface area contributed by atoms with Gasteiger partial charge in [0.1, 0.15) is 0 Å². The SMILES string of the molecule is CN1CCN(C2CC(c3cc4ccccc4nc3-c3ccccc3)C2)CC1. The average molecular weight is 358 g/mol. The molecule has 0 amide bonds. The van der Waals surface area contributed by atoms with Crippen LogP contribution in [0.3, 0.4) is 0 Å². The number of fused-ring (bicyclic) bond motifs is 1. The van der Waals surface area contributed by atoms with Gasteiger partial charge in [-0.15, -0.1) is 0 Å². The lowest BCUT2D eigenvalue weighted by Gasteiger charge is -2.46. The fraction of sp³-hybridized carbons (Fsp3) is 0.375. The smallest absolute Gasteiger partial charge is 0.0744 e. The molecule has 0 spiro atoms. The highest BCUT2D eigenvalue weighted by molar-refractivity contribution is 5.83. The number of nitrogens with zero attached hydrogens (tertiary/aromatic N) is 3. The zero-order valence-corrected chi connectivity index (χ0v) is 16.0. The van der Waals surface area contributed by atoms with Gasteiger partial charge < -0.3 is 4.90 Å². The van der Waals surface area contributed by atoms with Gasteiger partial charge in [0.25, 0.3) is 0 Å². The summed E-state index contributed by atoms with van der Waals surface area (Å²) in [4.78, 5) is 10.2. The quantitative estimate of drug-likeness (QED) is 0.693. The average Bonchev–Trinajstić information content (AvgIpc) is 2.68. The maximum atomic E-state index is 5.08. The summed E-state index contributed by atoms with van der Waals surface area (Å²) >= 11 is 0. The summed E-state index contributed by atoms with van der Waals surface area (Å²) in [5.74, 6) is 0.627. The van der Waals surface area contributed by atoms with Crippen LogP contribution in [0.2, 0.25) is 0 Å². The topological polar surface area (TPSA) is 19.4 Å². The molecule has 2 aliphatic rings. The molecule has 5 rings (SSSR count). The van der Waals surface area contributed by atoms with Crippen molar-refractivity contribution < 1.29 is 0 Å². The first-order valence-electron chi connectivity index (χ1n) is 10.2. The Morgan fingerprint density at radius 3 is 2.33 bits per heavy atom. The lowest BCUT2D eigenvalue weighted by molar-refractivity contribution is 0.0605. The Kier molecular flexibility index (Phi) is 4.42. The van der Waals surface area contributed by atoms with Gasteiger partial charge in [0.05, 0.1) is 11.2 Å². The highest BCUT2D eigenvalue weighted by Crippen LogP contribution is 2.44. The number of piperazine rings is 1. The summed E-state index contributed by atoms with van der Waals surface area (Å²) in [6, 6.07) is 22.4. The van der Waals surface area contributed by atoms with Gasteiger partial charge in [-0.25, -0.2) is 4.98 Å². The Balaban J connectivity index is 1.44. The standard InChI is InChI=1S/C24H27N3/c1-26-11-13-27(14-12-26)21-15-20(16-21)22-17-19-9-5-6-10-23(19)25-24(22)18-7-3-2-4-8-18/h2-10,17,20-21H,11-16H2,1H3. The Hall–Kier alpha value is -2.23. The van der Waals surface area contributed by atoms with Gasteiger partial charge in [0.15, 0.2) is 0 Å². The predicted molar refractivity (Wildman–Crippen MR) is 112 cm³/mol. The third kappa shape index (κ3) is 3.26. The molecule has 2 aromatic carbocycles. The minimum atomic E-state index is 0.627. The van der Waals surface area contributed by atoms with Gasteiger partial charge in [-0.2, -0.15) is 0 Å². The van der Waals surface area contributed by atoms with Crippen LogP contribution < -0.4 is 0 Å². The minimum Gasteiger partial charge on any atom is -0.304 e. The van der Waals surface area contributed by atoms with Crippen LogP contribution in [0.15, 0.2) is 60.7 Å². The van der Waals surface area contributed by atoms with E-state index >= 15 is 0 Å². The van der Waals surface area contributed by atoms with Gasteiger partial charge in [-0.1, -0.05) is 48.5 Å². The van der Waals surface area contributed by atoms with E-state index in [-0.39, 0.29) is 0 Å². The number of pyridine rings is 1. The van der Waals surface area contributed by atoms with E-state index in [9.17, 15) is 0 Å². The van der Waals surface area contributed by atoms with E-state index in [1.807, 2.05) is 0 Å². The summed E-state index contributed by atoms with van der Waals surface area (Å²) in [6.45, 7) is 4.84. The molecule has 0 atom stereocenters. The molecule has 2 heterocycles. The van der Waals surface area contributed by atoms with Crippen LogP contribution in [0.4, 0.5) is 0 Å². The Bertz CT molecular complexity index is 923. The van der Waals surface area contributed by atoms with Gasteiger partial charge in [0, 0.05) is 43.2 Å². The van der Waals surface area contributed by atoms with Crippen molar-refractivity contribution in [3.8, 4) is 11.3 Å². The zero-order chi connectivity index (χ0) is 18.2. The Morgan fingerprint density at radius 2 is 1.56 bits per heavy atom. The van der Waals surface area contributed by atoms with E-state index in [1.165, 1.54) is 61.2 Å². The molecule has 0 radical (unpaired) electrons. The number of likely N-dealkylation sites (N-methyl/N-ethyl adjacent to an activating group) is 1. The van der Waals surface area contributed by atoms with Crippen LogP contribution in [-0.2, 0) is 0 Å². The third-order valence-electron chi connectivity index (χ3n) is 6.41. The van der Waals surface area contributed by atoms with Crippen molar-refractivity contribution in [2.24, 2.45) is 0 Å². The first-order chi connectivity index (χ1) is 13.3.